The van der Waals surface area contributed by atoms with Gasteiger partial charge >= 0.3 is 48.9 Å². The molecule has 1 fully saturated rings. The Kier molecular flexibility index (Phi) is 28.6. The van der Waals surface area contributed by atoms with Gasteiger partial charge in [-0.2, -0.15) is 0 Å². The Morgan fingerprint density at radius 2 is 1.40 bits per heavy atom. The minimum atomic E-state index is -5.14. The predicted molar refractivity (Wildman–Crippen MR) is 60.3 cm³/mol. The van der Waals surface area contributed by atoms with Gasteiger partial charge in [-0.25, -0.2) is 0 Å². The summed E-state index contributed by atoms with van der Waals surface area (Å²) in [6, 6.07) is 0. The number of rotatable bonds is 3. The third-order valence-electron chi connectivity index (χ3n) is 1.73. The monoisotopic (exact) mass is 456 g/mol. The van der Waals surface area contributed by atoms with Gasteiger partial charge in [0.25, 0.3) is 0 Å². The fraction of sp³-hybridized carbons (Fsp3) is 1.00. The summed E-state index contributed by atoms with van der Waals surface area (Å²) in [6.07, 6.45) is -5.88. The van der Waals surface area contributed by atoms with E-state index in [0.717, 1.165) is 0 Å². The summed E-state index contributed by atoms with van der Waals surface area (Å²) in [5, 5.41) is 26.9. The van der Waals surface area contributed by atoms with Crippen molar-refractivity contribution in [1.82, 2.24) is 0 Å². The largest absolute Gasteiger partial charge is 2.00 e. The number of hydrogen-bond acceptors (Lipinski definition) is 8. The molecule has 1 rings (SSSR count). The molecule has 1 aliphatic rings. The molecular formula is C5H19BaO13P. The molecule has 1 saturated heterocycles. The normalized spacial score (nSPS) is 27.2. The summed E-state index contributed by atoms with van der Waals surface area (Å²) in [5.74, 6) is 0. The molecule has 0 bridgehead atoms. The Hall–Kier alpha value is 1.32. The molecule has 4 atom stereocenters. The Morgan fingerprint density at radius 1 is 1.00 bits per heavy atom. The van der Waals surface area contributed by atoms with Crippen LogP contribution in [0.4, 0.5) is 0 Å². The number of hydrogen-bond donors (Lipinski definition) is 3. The van der Waals surface area contributed by atoms with Gasteiger partial charge in [0, 0.05) is 0 Å². The van der Waals surface area contributed by atoms with E-state index >= 15 is 0 Å². The first-order valence-electron chi connectivity index (χ1n) is 3.67. The van der Waals surface area contributed by atoms with Gasteiger partial charge in [0.15, 0.2) is 6.29 Å². The molecule has 0 aromatic rings. The molecule has 15 heteroatoms. The second-order valence-corrected chi connectivity index (χ2v) is 3.94. The molecule has 1 heterocycles. The molecule has 20 heavy (non-hydrogen) atoms. The fourth-order valence-corrected chi connectivity index (χ4v) is 1.36. The average molecular weight is 455 g/mol. The number of phosphoric acid groups is 1. The van der Waals surface area contributed by atoms with Crippen LogP contribution in [0.1, 0.15) is 0 Å². The third kappa shape index (κ3) is 11.9. The smallest absolute Gasteiger partial charge is 0.790 e. The van der Waals surface area contributed by atoms with Gasteiger partial charge in [-0.05, 0) is 0 Å². The van der Waals surface area contributed by atoms with Crippen molar-refractivity contribution in [3.8, 4) is 0 Å². The molecular weight excluding hydrogens is 436 g/mol. The Balaban J connectivity index is -0.0000000817. The van der Waals surface area contributed by atoms with Crippen LogP contribution in [-0.4, -0.2) is 123 Å². The molecule has 0 saturated carbocycles. The fourth-order valence-electron chi connectivity index (χ4n) is 1.03. The number of aliphatic hydroxyl groups is 3. The zero-order valence-electron chi connectivity index (χ0n) is 10.1. The molecule has 0 amide bonds. The average Bonchev–Trinajstić information content (AvgIpc) is 2.28. The van der Waals surface area contributed by atoms with Gasteiger partial charge in [-0.15, -0.1) is 0 Å². The molecule has 0 aromatic heterocycles. The summed E-state index contributed by atoms with van der Waals surface area (Å²) < 4.78 is 18.4. The topological polar surface area (TPSA) is 300 Å². The first-order valence-corrected chi connectivity index (χ1v) is 5.13. The number of phosphoric ester groups is 1. The van der Waals surface area contributed by atoms with Crippen molar-refractivity contribution in [2.75, 3.05) is 6.61 Å². The Bertz CT molecular complexity index is 247. The van der Waals surface area contributed by atoms with Crippen molar-refractivity contribution in [1.29, 1.82) is 0 Å². The van der Waals surface area contributed by atoms with Crippen molar-refractivity contribution < 1.29 is 66.3 Å². The summed E-state index contributed by atoms with van der Waals surface area (Å²) in [5.41, 5.74) is 0. The van der Waals surface area contributed by atoms with E-state index in [4.69, 9.17) is 15.3 Å². The van der Waals surface area contributed by atoms with E-state index in [9.17, 15) is 14.4 Å². The number of ether oxygens (including phenoxy) is 1. The zero-order valence-corrected chi connectivity index (χ0v) is 15.4. The quantitative estimate of drug-likeness (QED) is 0.270. The summed E-state index contributed by atoms with van der Waals surface area (Å²) >= 11 is 0. The summed E-state index contributed by atoms with van der Waals surface area (Å²) in [4.78, 5) is 20.1. The third-order valence-corrected chi connectivity index (χ3v) is 2.20. The van der Waals surface area contributed by atoms with Gasteiger partial charge in [0.2, 0.25) is 0 Å². The Labute approximate surface area is 153 Å². The van der Waals surface area contributed by atoms with Crippen LogP contribution in [0.2, 0.25) is 0 Å². The first kappa shape index (κ1) is 37.5. The number of aliphatic hydroxyl groups excluding tert-OH is 3. The summed E-state index contributed by atoms with van der Waals surface area (Å²) in [7, 11) is -5.14. The maximum atomic E-state index is 10.0. The minimum Gasteiger partial charge on any atom is -0.790 e. The van der Waals surface area contributed by atoms with E-state index in [0.29, 0.717) is 0 Å². The van der Waals surface area contributed by atoms with Crippen molar-refractivity contribution in [3.05, 3.63) is 0 Å². The van der Waals surface area contributed by atoms with E-state index < -0.39 is 39.0 Å². The van der Waals surface area contributed by atoms with Crippen molar-refractivity contribution >= 4 is 56.7 Å². The molecule has 0 unspecified atom stereocenters. The molecule has 0 aromatic carbocycles. The van der Waals surface area contributed by atoms with Gasteiger partial charge in [0.05, 0.1) is 14.4 Å². The molecule has 0 radical (unpaired) electrons. The first-order chi connectivity index (χ1) is 6.31. The van der Waals surface area contributed by atoms with Crippen LogP contribution in [0.15, 0.2) is 0 Å². The van der Waals surface area contributed by atoms with Gasteiger partial charge in [0.1, 0.15) is 18.3 Å². The van der Waals surface area contributed by atoms with Crippen LogP contribution in [0, 0.1) is 0 Å². The van der Waals surface area contributed by atoms with Crippen LogP contribution >= 0.6 is 7.82 Å². The molecule has 0 aliphatic carbocycles. The maximum Gasteiger partial charge on any atom is 2.00 e. The van der Waals surface area contributed by atoms with E-state index in [1.54, 1.807) is 0 Å². The molecule has 1 aliphatic heterocycles. The molecule has 124 valence electrons. The molecule has 13 N–H and O–H groups in total. The SMILES string of the molecule is O.O.O.O.O.O=P([O-])([O-])OC[C@H]1O[C@H](O)[C@H](O)[C@@H]1O.[Ba+2]. The van der Waals surface area contributed by atoms with Crippen molar-refractivity contribution in [2.24, 2.45) is 0 Å². The van der Waals surface area contributed by atoms with Gasteiger partial charge in [-0.1, -0.05) is 0 Å². The van der Waals surface area contributed by atoms with Gasteiger partial charge in [-0.3, -0.25) is 0 Å². The van der Waals surface area contributed by atoms with E-state index in [1.165, 1.54) is 0 Å². The second-order valence-electron chi connectivity index (χ2n) is 2.79. The molecule has 0 spiro atoms. The maximum absolute atomic E-state index is 10.0. The molecule has 13 nitrogen and oxygen atoms in total. The van der Waals surface area contributed by atoms with Crippen LogP contribution in [0.3, 0.4) is 0 Å². The van der Waals surface area contributed by atoms with Crippen LogP contribution < -0.4 is 9.79 Å². The van der Waals surface area contributed by atoms with E-state index in [-0.39, 0.29) is 76.3 Å². The van der Waals surface area contributed by atoms with Crippen LogP contribution in [0.5, 0.6) is 0 Å². The van der Waals surface area contributed by atoms with Crippen LogP contribution in [-0.2, 0) is 13.8 Å². The van der Waals surface area contributed by atoms with Crippen molar-refractivity contribution in [3.63, 3.8) is 0 Å². The second kappa shape index (κ2) is 15.2. The minimum absolute atomic E-state index is 0. The zero-order chi connectivity index (χ0) is 10.9. The standard InChI is InChI=1S/C5H11O8P.Ba.5H2O/c6-3-2(1-12-14(9,10)11)13-5(8)4(3)7;;;;;;/h2-8H,1H2,(H2,9,10,11);;5*1H2/q;+2;;;;;/p-2/t2-,3-,4-,5+;;;;;;/m1....../s1. The predicted octanol–water partition coefficient (Wildman–Crippen LogP) is -8.23. The van der Waals surface area contributed by atoms with E-state index in [2.05, 4.69) is 9.26 Å². The Morgan fingerprint density at radius 3 is 1.65 bits per heavy atom. The summed E-state index contributed by atoms with van der Waals surface area (Å²) in [6.45, 7) is -0.737. The van der Waals surface area contributed by atoms with Crippen LogP contribution in [0.25, 0.3) is 0 Å². The van der Waals surface area contributed by atoms with Gasteiger partial charge < -0.3 is 66.3 Å². The van der Waals surface area contributed by atoms with E-state index in [1.807, 2.05) is 0 Å². The van der Waals surface area contributed by atoms with Crippen molar-refractivity contribution in [2.45, 2.75) is 24.6 Å².